The van der Waals surface area contributed by atoms with E-state index in [2.05, 4.69) is 51.3 Å². The van der Waals surface area contributed by atoms with Gasteiger partial charge in [-0.05, 0) is 22.4 Å². The van der Waals surface area contributed by atoms with Gasteiger partial charge in [-0.3, -0.25) is 4.57 Å². The van der Waals surface area contributed by atoms with Gasteiger partial charge in [0, 0.05) is 37.4 Å². The van der Waals surface area contributed by atoms with Gasteiger partial charge in [0.05, 0.1) is 15.7 Å². The molecular weight excluding hydrogens is 528 g/mol. The highest BCUT2D eigenvalue weighted by atomic mass is 32.1. The predicted molar refractivity (Wildman–Crippen MR) is 163 cm³/mol. The van der Waals surface area contributed by atoms with E-state index in [1.54, 1.807) is 11.3 Å². The van der Waals surface area contributed by atoms with Gasteiger partial charge in [-0.15, -0.1) is 11.3 Å². The Bertz CT molecular complexity index is 2370. The third kappa shape index (κ3) is 3.22. The van der Waals surface area contributed by atoms with Crippen molar-refractivity contribution in [3.05, 3.63) is 109 Å². The van der Waals surface area contributed by atoms with E-state index in [-0.39, 0.29) is 0 Å². The molecule has 0 amide bonds. The summed E-state index contributed by atoms with van der Waals surface area (Å²) in [4.78, 5) is 15.1. The molecule has 0 atom stereocenters. The van der Waals surface area contributed by atoms with Gasteiger partial charge in [-0.1, -0.05) is 97.1 Å². The van der Waals surface area contributed by atoms with E-state index in [0.717, 1.165) is 59.4 Å². The molecular formula is C33H18N6OS. The second-order valence-corrected chi connectivity index (χ2v) is 10.9. The summed E-state index contributed by atoms with van der Waals surface area (Å²) in [7, 11) is 0. The summed E-state index contributed by atoms with van der Waals surface area (Å²) in [6.07, 6.45) is 0. The Morgan fingerprint density at radius 1 is 0.561 bits per heavy atom. The van der Waals surface area contributed by atoms with Crippen molar-refractivity contribution in [1.29, 1.82) is 0 Å². The van der Waals surface area contributed by atoms with Crippen LogP contribution in [0.3, 0.4) is 0 Å². The van der Waals surface area contributed by atoms with Crippen LogP contribution in [0.15, 0.2) is 114 Å². The van der Waals surface area contributed by atoms with Crippen molar-refractivity contribution in [3.63, 3.8) is 0 Å². The molecule has 0 radical (unpaired) electrons. The second-order valence-electron chi connectivity index (χ2n) is 9.85. The number of para-hydroxylation sites is 1. The van der Waals surface area contributed by atoms with Crippen LogP contribution < -0.4 is 0 Å². The minimum atomic E-state index is 0.540. The normalized spacial score (nSPS) is 11.9. The highest BCUT2D eigenvalue weighted by Gasteiger charge is 2.26. The van der Waals surface area contributed by atoms with Gasteiger partial charge >= 0.3 is 0 Å². The van der Waals surface area contributed by atoms with Crippen LogP contribution >= 0.6 is 11.3 Å². The monoisotopic (exact) mass is 546 g/mol. The fourth-order valence-electron chi connectivity index (χ4n) is 5.76. The van der Waals surface area contributed by atoms with Gasteiger partial charge in [0.25, 0.3) is 0 Å². The summed E-state index contributed by atoms with van der Waals surface area (Å²) >= 11 is 1.73. The topological polar surface area (TPSA) is 82.5 Å². The highest BCUT2D eigenvalue weighted by Crippen LogP contribution is 2.46. The minimum absolute atomic E-state index is 0.540. The zero-order valence-corrected chi connectivity index (χ0v) is 22.2. The molecule has 0 aliphatic heterocycles. The molecule has 4 aromatic heterocycles. The number of hydrogen-bond acceptors (Lipinski definition) is 7. The van der Waals surface area contributed by atoms with Gasteiger partial charge in [0.2, 0.25) is 5.95 Å². The van der Waals surface area contributed by atoms with E-state index < -0.39 is 0 Å². The van der Waals surface area contributed by atoms with E-state index >= 15 is 0 Å². The van der Waals surface area contributed by atoms with Crippen LogP contribution in [0.1, 0.15) is 0 Å². The van der Waals surface area contributed by atoms with Crippen molar-refractivity contribution in [2.24, 2.45) is 0 Å². The molecule has 0 unspecified atom stereocenters. The number of thiophene rings is 1. The van der Waals surface area contributed by atoms with Gasteiger partial charge in [-0.25, -0.2) is 9.61 Å². The number of fused-ring (bicyclic) bond motifs is 10. The third-order valence-corrected chi connectivity index (χ3v) is 8.71. The molecule has 0 N–H and O–H groups in total. The molecule has 0 spiro atoms. The summed E-state index contributed by atoms with van der Waals surface area (Å²) < 4.78 is 9.78. The van der Waals surface area contributed by atoms with Crippen LogP contribution in [0.25, 0.3) is 81.7 Å². The van der Waals surface area contributed by atoms with Gasteiger partial charge in [0.1, 0.15) is 11.0 Å². The second kappa shape index (κ2) is 8.51. The quantitative estimate of drug-likeness (QED) is 0.222. The first kappa shape index (κ1) is 22.4. The third-order valence-electron chi connectivity index (χ3n) is 7.53. The zero-order chi connectivity index (χ0) is 26.9. The first-order valence-electron chi connectivity index (χ1n) is 13.2. The molecule has 0 saturated heterocycles. The number of benzene rings is 5. The molecule has 192 valence electrons. The summed E-state index contributed by atoms with van der Waals surface area (Å²) in [6, 6.07) is 36.7. The van der Waals surface area contributed by atoms with Gasteiger partial charge < -0.3 is 0 Å². The maximum absolute atomic E-state index is 5.37. The average Bonchev–Trinajstić information content (AvgIpc) is 3.75. The summed E-state index contributed by atoms with van der Waals surface area (Å²) in [5, 5.41) is 13.0. The Kier molecular flexibility index (Phi) is 4.64. The Morgan fingerprint density at radius 3 is 1.85 bits per heavy atom. The first-order valence-corrected chi connectivity index (χ1v) is 14.0. The van der Waals surface area contributed by atoms with E-state index in [1.807, 2.05) is 72.8 Å². The molecule has 4 heterocycles. The Morgan fingerprint density at radius 2 is 1.15 bits per heavy atom. The number of aromatic nitrogens is 6. The minimum Gasteiger partial charge on any atom is -0.276 e. The Balaban J connectivity index is 1.49. The predicted octanol–water partition coefficient (Wildman–Crippen LogP) is 8.21. The number of hydrogen-bond donors (Lipinski definition) is 0. The van der Waals surface area contributed by atoms with E-state index in [1.165, 1.54) is 4.70 Å². The van der Waals surface area contributed by atoms with Crippen molar-refractivity contribution in [2.45, 2.75) is 0 Å². The maximum atomic E-state index is 5.37. The molecule has 41 heavy (non-hydrogen) atoms. The molecule has 5 aromatic carbocycles. The summed E-state index contributed by atoms with van der Waals surface area (Å²) in [5.41, 5.74) is 5.29. The van der Waals surface area contributed by atoms with Gasteiger partial charge in [-0.2, -0.15) is 9.97 Å². The highest BCUT2D eigenvalue weighted by molar-refractivity contribution is 7.27. The molecule has 0 aliphatic carbocycles. The fraction of sp³-hybridized carbons (Fsp3) is 0. The summed E-state index contributed by atoms with van der Waals surface area (Å²) in [5.74, 6) is 1.76. The standard InChI is InChI=1S/C33H18N6OS/c1-3-11-19(12-4-1)31-34-32(20-13-5-2-6-14-20)36-33(35-31)39-23-17-9-7-15-21(23)25-27-28(38-40-37-27)26-22-16-8-10-18-24(22)41-30(26)29(25)39/h1-18H. The van der Waals surface area contributed by atoms with Gasteiger partial charge in [0.15, 0.2) is 11.6 Å². The number of rotatable bonds is 3. The fourth-order valence-corrected chi connectivity index (χ4v) is 7.01. The van der Waals surface area contributed by atoms with Crippen molar-refractivity contribution in [3.8, 4) is 28.7 Å². The van der Waals surface area contributed by atoms with Crippen LogP contribution in [-0.2, 0) is 0 Å². The molecule has 7 nitrogen and oxygen atoms in total. The maximum Gasteiger partial charge on any atom is 0.238 e. The molecule has 0 aliphatic rings. The average molecular weight is 547 g/mol. The lowest BCUT2D eigenvalue weighted by atomic mass is 10.1. The molecule has 8 heteroatoms. The largest absolute Gasteiger partial charge is 0.276 e. The molecule has 9 rings (SSSR count). The van der Waals surface area contributed by atoms with Crippen molar-refractivity contribution in [2.75, 3.05) is 0 Å². The van der Waals surface area contributed by atoms with E-state index in [9.17, 15) is 0 Å². The SMILES string of the molecule is c1ccc(-c2nc(-c3ccccc3)nc(-n3c4ccccc4c4c5nonc5c5c6ccccc6sc5c43)n2)cc1. The molecule has 9 aromatic rings. The van der Waals surface area contributed by atoms with Crippen molar-refractivity contribution >= 4 is 64.3 Å². The lowest BCUT2D eigenvalue weighted by Crippen LogP contribution is -2.06. The number of nitrogens with zero attached hydrogens (tertiary/aromatic N) is 6. The van der Waals surface area contributed by atoms with Crippen LogP contribution in [0.2, 0.25) is 0 Å². The smallest absolute Gasteiger partial charge is 0.238 e. The van der Waals surface area contributed by atoms with E-state index in [0.29, 0.717) is 17.6 Å². The molecule has 0 fully saturated rings. The lowest BCUT2D eigenvalue weighted by molar-refractivity contribution is 0.316. The van der Waals surface area contributed by atoms with Crippen LogP contribution in [0.5, 0.6) is 0 Å². The van der Waals surface area contributed by atoms with Crippen LogP contribution in [0, 0.1) is 0 Å². The van der Waals surface area contributed by atoms with Crippen LogP contribution in [-0.4, -0.2) is 29.8 Å². The molecule has 0 saturated carbocycles. The molecule has 0 bridgehead atoms. The first-order chi connectivity index (χ1) is 20.3. The van der Waals surface area contributed by atoms with Crippen molar-refractivity contribution < 1.29 is 4.63 Å². The van der Waals surface area contributed by atoms with Crippen LogP contribution in [0.4, 0.5) is 0 Å². The lowest BCUT2D eigenvalue weighted by Gasteiger charge is -2.11. The Labute approximate surface area is 236 Å². The zero-order valence-electron chi connectivity index (χ0n) is 21.4. The Hall–Kier alpha value is -5.47. The summed E-state index contributed by atoms with van der Waals surface area (Å²) in [6.45, 7) is 0. The van der Waals surface area contributed by atoms with E-state index in [4.69, 9.17) is 19.6 Å². The van der Waals surface area contributed by atoms with Crippen molar-refractivity contribution in [1.82, 2.24) is 29.8 Å².